The highest BCUT2D eigenvalue weighted by molar-refractivity contribution is 4.92. The van der Waals surface area contributed by atoms with Gasteiger partial charge in [0.1, 0.15) is 0 Å². The first kappa shape index (κ1) is 11.0. The van der Waals surface area contributed by atoms with Crippen molar-refractivity contribution in [2.75, 3.05) is 19.7 Å². The number of likely N-dealkylation sites (tertiary alicyclic amines) is 1. The Kier molecular flexibility index (Phi) is 3.36. The summed E-state index contributed by atoms with van der Waals surface area (Å²) in [6, 6.07) is 0.689. The summed E-state index contributed by atoms with van der Waals surface area (Å²) in [5.41, 5.74) is 0.0696. The van der Waals surface area contributed by atoms with Crippen LogP contribution in [0.1, 0.15) is 34.6 Å². The maximum absolute atomic E-state index is 5.73. The highest BCUT2D eigenvalue weighted by Crippen LogP contribution is 2.31. The molecule has 0 unspecified atom stereocenters. The molecule has 1 aliphatic rings. The first-order chi connectivity index (χ1) is 5.97. The Bertz CT molecular complexity index is 159. The van der Waals surface area contributed by atoms with Gasteiger partial charge in [0.15, 0.2) is 0 Å². The lowest BCUT2D eigenvalue weighted by Gasteiger charge is -2.49. The second-order valence-electron chi connectivity index (χ2n) is 4.78. The quantitative estimate of drug-likeness (QED) is 0.665. The van der Waals surface area contributed by atoms with Crippen molar-refractivity contribution < 1.29 is 4.74 Å². The molecule has 0 saturated carbocycles. The van der Waals surface area contributed by atoms with E-state index in [2.05, 4.69) is 39.5 Å². The van der Waals surface area contributed by atoms with Gasteiger partial charge in [-0.3, -0.25) is 0 Å². The monoisotopic (exact) mass is 185 g/mol. The van der Waals surface area contributed by atoms with Crippen molar-refractivity contribution in [3.05, 3.63) is 0 Å². The molecule has 2 nitrogen and oxygen atoms in total. The fourth-order valence-corrected chi connectivity index (χ4v) is 1.86. The Hall–Kier alpha value is -0.0800. The lowest BCUT2D eigenvalue weighted by Crippen LogP contribution is -2.58. The SMILES string of the molecule is CCOC(C)(C)C1CN(C(C)C)C1. The molecular weight excluding hydrogens is 162 g/mol. The van der Waals surface area contributed by atoms with Crippen molar-refractivity contribution in [1.29, 1.82) is 0 Å². The van der Waals surface area contributed by atoms with E-state index >= 15 is 0 Å². The van der Waals surface area contributed by atoms with E-state index in [-0.39, 0.29) is 5.60 Å². The molecular formula is C11H23NO. The Morgan fingerprint density at radius 1 is 1.38 bits per heavy atom. The zero-order valence-corrected chi connectivity index (χ0v) is 9.63. The van der Waals surface area contributed by atoms with Crippen molar-refractivity contribution >= 4 is 0 Å². The van der Waals surface area contributed by atoms with Gasteiger partial charge >= 0.3 is 0 Å². The largest absolute Gasteiger partial charge is 0.375 e. The molecule has 0 N–H and O–H groups in total. The van der Waals surface area contributed by atoms with Gasteiger partial charge in [0.2, 0.25) is 0 Å². The van der Waals surface area contributed by atoms with Crippen molar-refractivity contribution in [2.24, 2.45) is 5.92 Å². The fraction of sp³-hybridized carbons (Fsp3) is 1.00. The van der Waals surface area contributed by atoms with Crippen LogP contribution in [0.25, 0.3) is 0 Å². The summed E-state index contributed by atoms with van der Waals surface area (Å²) in [4.78, 5) is 2.49. The summed E-state index contributed by atoms with van der Waals surface area (Å²) >= 11 is 0. The number of hydrogen-bond acceptors (Lipinski definition) is 2. The number of ether oxygens (including phenoxy) is 1. The van der Waals surface area contributed by atoms with Crippen LogP contribution >= 0.6 is 0 Å². The summed E-state index contributed by atoms with van der Waals surface area (Å²) in [6.07, 6.45) is 0. The molecule has 0 aliphatic carbocycles. The van der Waals surface area contributed by atoms with Gasteiger partial charge in [0, 0.05) is 31.7 Å². The number of hydrogen-bond donors (Lipinski definition) is 0. The van der Waals surface area contributed by atoms with Gasteiger partial charge in [0.05, 0.1) is 5.60 Å². The molecule has 0 amide bonds. The van der Waals surface area contributed by atoms with Crippen LogP contribution in [-0.2, 0) is 4.74 Å². The summed E-state index contributed by atoms with van der Waals surface area (Å²) < 4.78 is 5.73. The van der Waals surface area contributed by atoms with Crippen molar-refractivity contribution in [3.8, 4) is 0 Å². The van der Waals surface area contributed by atoms with E-state index in [0.717, 1.165) is 12.5 Å². The van der Waals surface area contributed by atoms with Gasteiger partial charge in [-0.15, -0.1) is 0 Å². The maximum atomic E-state index is 5.73. The fourth-order valence-electron chi connectivity index (χ4n) is 1.86. The Labute approximate surface area is 82.3 Å². The minimum Gasteiger partial charge on any atom is -0.375 e. The Morgan fingerprint density at radius 2 is 1.92 bits per heavy atom. The molecule has 13 heavy (non-hydrogen) atoms. The summed E-state index contributed by atoms with van der Waals surface area (Å²) in [6.45, 7) is 14.2. The Balaban J connectivity index is 2.33. The van der Waals surface area contributed by atoms with Gasteiger partial charge in [-0.1, -0.05) is 0 Å². The van der Waals surface area contributed by atoms with E-state index in [1.807, 2.05) is 0 Å². The predicted molar refractivity (Wildman–Crippen MR) is 55.9 cm³/mol. The van der Waals surface area contributed by atoms with Crippen LogP contribution in [0.5, 0.6) is 0 Å². The smallest absolute Gasteiger partial charge is 0.0678 e. The van der Waals surface area contributed by atoms with Crippen molar-refractivity contribution in [1.82, 2.24) is 4.90 Å². The molecule has 0 aromatic carbocycles. The third-order valence-electron chi connectivity index (χ3n) is 3.14. The second kappa shape index (κ2) is 3.97. The van der Waals surface area contributed by atoms with Gasteiger partial charge in [0.25, 0.3) is 0 Å². The summed E-state index contributed by atoms with van der Waals surface area (Å²) in [7, 11) is 0. The average molecular weight is 185 g/mol. The molecule has 1 aliphatic heterocycles. The lowest BCUT2D eigenvalue weighted by atomic mass is 9.83. The third-order valence-corrected chi connectivity index (χ3v) is 3.14. The van der Waals surface area contributed by atoms with E-state index in [1.165, 1.54) is 13.1 Å². The highest BCUT2D eigenvalue weighted by atomic mass is 16.5. The molecule has 0 radical (unpaired) electrons. The summed E-state index contributed by atoms with van der Waals surface area (Å²) in [5, 5.41) is 0. The molecule has 2 heteroatoms. The predicted octanol–water partition coefficient (Wildman–Crippen LogP) is 2.14. The van der Waals surface area contributed by atoms with Crippen LogP contribution < -0.4 is 0 Å². The van der Waals surface area contributed by atoms with E-state index in [9.17, 15) is 0 Å². The van der Waals surface area contributed by atoms with Crippen LogP contribution in [0.15, 0.2) is 0 Å². The van der Waals surface area contributed by atoms with Gasteiger partial charge in [-0.2, -0.15) is 0 Å². The normalized spacial score (nSPS) is 20.8. The highest BCUT2D eigenvalue weighted by Gasteiger charge is 2.39. The molecule has 78 valence electrons. The second-order valence-corrected chi connectivity index (χ2v) is 4.78. The zero-order chi connectivity index (χ0) is 10.1. The van der Waals surface area contributed by atoms with Gasteiger partial charge < -0.3 is 9.64 Å². The molecule has 1 fully saturated rings. The van der Waals surface area contributed by atoms with Crippen LogP contribution in [-0.4, -0.2) is 36.2 Å². The molecule has 1 rings (SSSR count). The topological polar surface area (TPSA) is 12.5 Å². The first-order valence-corrected chi connectivity index (χ1v) is 5.35. The molecule has 0 atom stereocenters. The molecule has 0 aromatic rings. The number of nitrogens with zero attached hydrogens (tertiary/aromatic N) is 1. The standard InChI is InChI=1S/C11H23NO/c1-6-13-11(4,5)10-7-12(8-10)9(2)3/h9-10H,6-8H2,1-5H3. The molecule has 1 saturated heterocycles. The molecule has 0 aromatic heterocycles. The van der Waals surface area contributed by atoms with Crippen LogP contribution in [0.4, 0.5) is 0 Å². The molecule has 0 bridgehead atoms. The van der Waals surface area contributed by atoms with E-state index in [1.54, 1.807) is 0 Å². The summed E-state index contributed by atoms with van der Waals surface area (Å²) in [5.74, 6) is 0.717. The van der Waals surface area contributed by atoms with Crippen molar-refractivity contribution in [3.63, 3.8) is 0 Å². The van der Waals surface area contributed by atoms with Gasteiger partial charge in [-0.05, 0) is 34.6 Å². The van der Waals surface area contributed by atoms with E-state index < -0.39 is 0 Å². The number of rotatable bonds is 4. The molecule has 0 spiro atoms. The van der Waals surface area contributed by atoms with E-state index in [0.29, 0.717) is 6.04 Å². The van der Waals surface area contributed by atoms with E-state index in [4.69, 9.17) is 4.74 Å². The first-order valence-electron chi connectivity index (χ1n) is 5.35. The lowest BCUT2D eigenvalue weighted by molar-refractivity contribution is -0.111. The minimum absolute atomic E-state index is 0.0696. The third kappa shape index (κ3) is 2.44. The Morgan fingerprint density at radius 3 is 2.31 bits per heavy atom. The van der Waals surface area contributed by atoms with Crippen LogP contribution in [0.2, 0.25) is 0 Å². The zero-order valence-electron chi connectivity index (χ0n) is 9.63. The molecule has 1 heterocycles. The average Bonchev–Trinajstić information content (AvgIpc) is 1.79. The van der Waals surface area contributed by atoms with Crippen LogP contribution in [0.3, 0.4) is 0 Å². The maximum Gasteiger partial charge on any atom is 0.0678 e. The van der Waals surface area contributed by atoms with Gasteiger partial charge in [-0.25, -0.2) is 0 Å². The van der Waals surface area contributed by atoms with Crippen LogP contribution in [0, 0.1) is 5.92 Å². The van der Waals surface area contributed by atoms with Crippen molar-refractivity contribution in [2.45, 2.75) is 46.3 Å². The minimum atomic E-state index is 0.0696.